The third kappa shape index (κ3) is 4.12. The van der Waals surface area contributed by atoms with Gasteiger partial charge in [0, 0.05) is 23.8 Å². The van der Waals surface area contributed by atoms with Gasteiger partial charge in [-0.25, -0.2) is 9.67 Å². The van der Waals surface area contributed by atoms with Crippen LogP contribution in [0.2, 0.25) is 0 Å². The zero-order chi connectivity index (χ0) is 21.1. The number of pyridine rings is 1. The Bertz CT molecular complexity index is 1210. The molecule has 0 saturated carbocycles. The van der Waals surface area contributed by atoms with E-state index in [4.69, 9.17) is 0 Å². The number of carbonyl (C=O) groups excluding carboxylic acids is 2. The van der Waals surface area contributed by atoms with Crippen molar-refractivity contribution in [2.45, 2.75) is 26.7 Å². The molecular weight excluding hydrogens is 376 g/mol. The fraction of sp³-hybridized carbons (Fsp3) is 0.167. The smallest absolute Gasteiger partial charge is 0.224 e. The zero-order valence-electron chi connectivity index (χ0n) is 16.9. The van der Waals surface area contributed by atoms with E-state index < -0.39 is 0 Å². The maximum atomic E-state index is 12.3. The van der Waals surface area contributed by atoms with E-state index in [1.54, 1.807) is 23.0 Å². The van der Waals surface area contributed by atoms with Crippen LogP contribution in [0.1, 0.15) is 34.5 Å². The van der Waals surface area contributed by atoms with Crippen LogP contribution in [0.5, 0.6) is 0 Å². The molecule has 4 aromatic rings. The topological polar surface area (TPSA) is 76.9 Å². The maximum Gasteiger partial charge on any atom is 0.224 e. The molecule has 150 valence electrons. The summed E-state index contributed by atoms with van der Waals surface area (Å²) in [6.45, 7) is 3.88. The number of rotatable bonds is 6. The Morgan fingerprint density at radius 3 is 2.43 bits per heavy atom. The number of aryl methyl sites for hydroxylation is 2. The van der Waals surface area contributed by atoms with Crippen LogP contribution < -0.4 is 5.32 Å². The first-order chi connectivity index (χ1) is 14.5. The molecule has 6 heteroatoms. The molecule has 0 fully saturated rings. The highest BCUT2D eigenvalue weighted by Crippen LogP contribution is 2.23. The molecule has 0 unspecified atom stereocenters. The Labute approximate surface area is 174 Å². The highest BCUT2D eigenvalue weighted by Gasteiger charge is 2.13. The first-order valence-electron chi connectivity index (χ1n) is 9.82. The van der Waals surface area contributed by atoms with Crippen molar-refractivity contribution in [3.63, 3.8) is 0 Å². The molecule has 0 aliphatic carbocycles. The highest BCUT2D eigenvalue weighted by molar-refractivity contribution is 6.00. The summed E-state index contributed by atoms with van der Waals surface area (Å²) in [5.41, 5.74) is 4.79. The van der Waals surface area contributed by atoms with Gasteiger partial charge in [0.15, 0.2) is 11.4 Å². The van der Waals surface area contributed by atoms with Crippen molar-refractivity contribution in [3.05, 3.63) is 83.7 Å². The van der Waals surface area contributed by atoms with Crippen molar-refractivity contribution in [3.8, 4) is 5.69 Å². The Morgan fingerprint density at radius 1 is 0.967 bits per heavy atom. The molecule has 1 amide bonds. The summed E-state index contributed by atoms with van der Waals surface area (Å²) >= 11 is 0. The number of aromatic nitrogens is 3. The van der Waals surface area contributed by atoms with Crippen LogP contribution in [0.25, 0.3) is 16.7 Å². The van der Waals surface area contributed by atoms with Crippen LogP contribution in [0.4, 0.5) is 5.69 Å². The van der Waals surface area contributed by atoms with Crippen LogP contribution in [0, 0.1) is 13.8 Å². The Morgan fingerprint density at radius 2 is 1.70 bits per heavy atom. The van der Waals surface area contributed by atoms with Gasteiger partial charge in [-0.2, -0.15) is 5.10 Å². The minimum absolute atomic E-state index is 0.0429. The van der Waals surface area contributed by atoms with Crippen LogP contribution in [-0.4, -0.2) is 26.5 Å². The molecule has 0 saturated heterocycles. The molecule has 2 aromatic carbocycles. The van der Waals surface area contributed by atoms with Gasteiger partial charge in [-0.1, -0.05) is 48.0 Å². The summed E-state index contributed by atoms with van der Waals surface area (Å²) in [5, 5.41) is 8.28. The van der Waals surface area contributed by atoms with Gasteiger partial charge in [-0.3, -0.25) is 9.59 Å². The van der Waals surface area contributed by atoms with Crippen LogP contribution in [0.15, 0.2) is 66.9 Å². The predicted octanol–water partition coefficient (Wildman–Crippen LogP) is 4.64. The highest BCUT2D eigenvalue weighted by atomic mass is 16.2. The van der Waals surface area contributed by atoms with Crippen LogP contribution in [0.3, 0.4) is 0 Å². The Kier molecular flexibility index (Phi) is 5.39. The maximum absolute atomic E-state index is 12.3. The predicted molar refractivity (Wildman–Crippen MR) is 117 cm³/mol. The van der Waals surface area contributed by atoms with E-state index in [2.05, 4.69) is 15.4 Å². The number of amides is 1. The van der Waals surface area contributed by atoms with Gasteiger partial charge in [0.1, 0.15) is 0 Å². The molecule has 30 heavy (non-hydrogen) atoms. The van der Waals surface area contributed by atoms with Gasteiger partial charge < -0.3 is 5.32 Å². The standard InChI is InChI=1S/C24H22N4O2/c1-16-8-10-18(11-9-16)22(29)12-13-23(30)26-19-14-21-17(2)27-28(24(21)25-15-19)20-6-4-3-5-7-20/h3-11,14-15H,12-13H2,1-2H3,(H,26,30). The average Bonchev–Trinajstić information content (AvgIpc) is 3.09. The lowest BCUT2D eigenvalue weighted by atomic mass is 10.0. The summed E-state index contributed by atoms with van der Waals surface area (Å²) in [6.07, 6.45) is 1.89. The molecule has 4 rings (SSSR count). The largest absolute Gasteiger partial charge is 0.325 e. The summed E-state index contributed by atoms with van der Waals surface area (Å²) in [4.78, 5) is 29.1. The van der Waals surface area contributed by atoms with E-state index in [9.17, 15) is 9.59 Å². The normalized spacial score (nSPS) is 10.9. The third-order valence-corrected chi connectivity index (χ3v) is 4.94. The molecule has 0 bridgehead atoms. The molecular formula is C24H22N4O2. The number of fused-ring (bicyclic) bond motifs is 1. The average molecular weight is 398 g/mol. The lowest BCUT2D eigenvalue weighted by Crippen LogP contribution is -2.13. The van der Waals surface area contributed by atoms with E-state index in [0.717, 1.165) is 28.0 Å². The second-order valence-electron chi connectivity index (χ2n) is 7.27. The van der Waals surface area contributed by atoms with Crippen LogP contribution >= 0.6 is 0 Å². The van der Waals surface area contributed by atoms with Gasteiger partial charge in [-0.15, -0.1) is 0 Å². The summed E-state index contributed by atoms with van der Waals surface area (Å²) < 4.78 is 1.79. The van der Waals surface area contributed by atoms with Crippen molar-refractivity contribution >= 4 is 28.4 Å². The third-order valence-electron chi connectivity index (χ3n) is 4.94. The number of anilines is 1. The first-order valence-corrected chi connectivity index (χ1v) is 9.82. The van der Waals surface area contributed by atoms with Gasteiger partial charge >= 0.3 is 0 Å². The molecule has 2 aromatic heterocycles. The Balaban J connectivity index is 1.45. The molecule has 2 heterocycles. The van der Waals surface area contributed by atoms with Gasteiger partial charge in [0.25, 0.3) is 0 Å². The van der Waals surface area contributed by atoms with Gasteiger partial charge in [-0.05, 0) is 32.0 Å². The zero-order valence-corrected chi connectivity index (χ0v) is 16.9. The lowest BCUT2D eigenvalue weighted by Gasteiger charge is -2.06. The molecule has 0 atom stereocenters. The monoisotopic (exact) mass is 398 g/mol. The minimum Gasteiger partial charge on any atom is -0.325 e. The summed E-state index contributed by atoms with van der Waals surface area (Å²) in [5.74, 6) is -0.261. The number of hydrogen-bond donors (Lipinski definition) is 1. The first kappa shape index (κ1) is 19.5. The second-order valence-corrected chi connectivity index (χ2v) is 7.27. The molecule has 6 nitrogen and oxygen atoms in total. The molecule has 0 aliphatic heterocycles. The number of hydrogen-bond acceptors (Lipinski definition) is 4. The number of carbonyl (C=O) groups is 2. The fourth-order valence-corrected chi connectivity index (χ4v) is 3.30. The van der Waals surface area contributed by atoms with Crippen molar-refractivity contribution in [1.82, 2.24) is 14.8 Å². The lowest BCUT2D eigenvalue weighted by molar-refractivity contribution is -0.116. The van der Waals surface area contributed by atoms with E-state index >= 15 is 0 Å². The Hall–Kier alpha value is -3.80. The minimum atomic E-state index is -0.218. The molecule has 0 spiro atoms. The molecule has 1 N–H and O–H groups in total. The number of ketones is 1. The van der Waals surface area contributed by atoms with E-state index in [1.807, 2.05) is 62.4 Å². The van der Waals surface area contributed by atoms with Crippen LogP contribution in [-0.2, 0) is 4.79 Å². The summed E-state index contributed by atoms with van der Waals surface area (Å²) in [6, 6.07) is 19.0. The number of nitrogens with one attached hydrogen (secondary N) is 1. The fourth-order valence-electron chi connectivity index (χ4n) is 3.30. The van der Waals surface area contributed by atoms with Crippen molar-refractivity contribution in [1.29, 1.82) is 0 Å². The SMILES string of the molecule is Cc1ccc(C(=O)CCC(=O)Nc2cnc3c(c2)c(C)nn3-c2ccccc2)cc1. The van der Waals surface area contributed by atoms with Gasteiger partial charge in [0.2, 0.25) is 5.91 Å². The quantitative estimate of drug-likeness (QED) is 0.480. The number of nitrogens with zero attached hydrogens (tertiary/aromatic N) is 3. The van der Waals surface area contributed by atoms with E-state index in [1.165, 1.54) is 0 Å². The van der Waals surface area contributed by atoms with Gasteiger partial charge in [0.05, 0.1) is 23.3 Å². The van der Waals surface area contributed by atoms with E-state index in [0.29, 0.717) is 11.3 Å². The summed E-state index contributed by atoms with van der Waals surface area (Å²) in [7, 11) is 0. The van der Waals surface area contributed by atoms with Crippen molar-refractivity contribution in [2.75, 3.05) is 5.32 Å². The van der Waals surface area contributed by atoms with E-state index in [-0.39, 0.29) is 24.5 Å². The molecule has 0 radical (unpaired) electrons. The number of para-hydroxylation sites is 1. The number of benzene rings is 2. The second kappa shape index (κ2) is 8.29. The number of Topliss-reactive ketones (excluding diaryl/α,β-unsaturated/α-hetero) is 1. The van der Waals surface area contributed by atoms with Crippen molar-refractivity contribution in [2.24, 2.45) is 0 Å². The molecule has 0 aliphatic rings. The van der Waals surface area contributed by atoms with Crippen molar-refractivity contribution < 1.29 is 9.59 Å².